The van der Waals surface area contributed by atoms with E-state index in [1.807, 2.05) is 55.6 Å². The number of hydrogen-bond acceptors (Lipinski definition) is 4. The van der Waals surface area contributed by atoms with Crippen LogP contribution in [0.25, 0.3) is 22.0 Å². The highest BCUT2D eigenvalue weighted by Crippen LogP contribution is 2.29. The number of aryl methyl sites for hydroxylation is 2. The molecule has 4 nitrogen and oxygen atoms in total. The molecule has 1 aromatic heterocycles. The summed E-state index contributed by atoms with van der Waals surface area (Å²) >= 11 is 1.28. The van der Waals surface area contributed by atoms with Gasteiger partial charge in [-0.25, -0.2) is 13.4 Å². The topological polar surface area (TPSA) is 59.1 Å². The Morgan fingerprint density at radius 1 is 0.926 bits per heavy atom. The lowest BCUT2D eigenvalue weighted by Gasteiger charge is -2.07. The SMILES string of the molecule is Cc1ccc(C)c(-c2csc(NS(=O)(=O)c3ccc4ccccc4c3)n2)c1. The molecule has 0 radical (unpaired) electrons. The first-order chi connectivity index (χ1) is 12.9. The molecule has 0 atom stereocenters. The van der Waals surface area contributed by atoms with Gasteiger partial charge in [0.2, 0.25) is 0 Å². The molecule has 136 valence electrons. The maximum Gasteiger partial charge on any atom is 0.263 e. The molecule has 0 aliphatic carbocycles. The number of anilines is 1. The predicted molar refractivity (Wildman–Crippen MR) is 112 cm³/mol. The normalized spacial score (nSPS) is 11.6. The van der Waals surface area contributed by atoms with Crippen LogP contribution in [-0.2, 0) is 10.0 Å². The second-order valence-corrected chi connectivity index (χ2v) is 9.01. The molecule has 0 amide bonds. The van der Waals surface area contributed by atoms with Crippen LogP contribution in [0.2, 0.25) is 0 Å². The number of fused-ring (bicyclic) bond motifs is 1. The highest BCUT2D eigenvalue weighted by Gasteiger charge is 2.17. The lowest BCUT2D eigenvalue weighted by molar-refractivity contribution is 0.601. The van der Waals surface area contributed by atoms with Crippen LogP contribution in [0, 0.1) is 13.8 Å². The molecule has 4 rings (SSSR count). The van der Waals surface area contributed by atoms with Crippen molar-refractivity contribution in [3.05, 3.63) is 77.2 Å². The van der Waals surface area contributed by atoms with E-state index in [1.54, 1.807) is 12.1 Å². The van der Waals surface area contributed by atoms with Crippen molar-refractivity contribution in [1.82, 2.24) is 4.98 Å². The second kappa shape index (κ2) is 6.79. The Bertz CT molecular complexity index is 1240. The largest absolute Gasteiger partial charge is 0.263 e. The first-order valence-corrected chi connectivity index (χ1v) is 10.8. The Hall–Kier alpha value is -2.70. The Kier molecular flexibility index (Phi) is 4.45. The van der Waals surface area contributed by atoms with Crippen LogP contribution in [0.4, 0.5) is 5.13 Å². The number of nitrogens with zero attached hydrogens (tertiary/aromatic N) is 1. The smallest absolute Gasteiger partial charge is 0.255 e. The van der Waals surface area contributed by atoms with Crippen molar-refractivity contribution in [1.29, 1.82) is 0 Å². The molecule has 1 N–H and O–H groups in total. The monoisotopic (exact) mass is 394 g/mol. The minimum absolute atomic E-state index is 0.227. The highest BCUT2D eigenvalue weighted by molar-refractivity contribution is 7.93. The number of nitrogens with one attached hydrogen (secondary N) is 1. The first-order valence-electron chi connectivity index (χ1n) is 8.47. The fourth-order valence-corrected chi connectivity index (χ4v) is 4.96. The van der Waals surface area contributed by atoms with Crippen molar-refractivity contribution in [2.24, 2.45) is 0 Å². The molecule has 0 aliphatic rings. The van der Waals surface area contributed by atoms with E-state index in [4.69, 9.17) is 0 Å². The third-order valence-corrected chi connectivity index (χ3v) is 6.65. The second-order valence-electron chi connectivity index (χ2n) is 6.47. The van der Waals surface area contributed by atoms with E-state index in [9.17, 15) is 8.42 Å². The van der Waals surface area contributed by atoms with Gasteiger partial charge in [-0.05, 0) is 48.4 Å². The number of thiazole rings is 1. The quantitative estimate of drug-likeness (QED) is 0.505. The highest BCUT2D eigenvalue weighted by atomic mass is 32.2. The maximum atomic E-state index is 12.8. The van der Waals surface area contributed by atoms with E-state index in [0.29, 0.717) is 5.13 Å². The predicted octanol–water partition coefficient (Wildman–Crippen LogP) is 5.38. The summed E-state index contributed by atoms with van der Waals surface area (Å²) < 4.78 is 28.1. The van der Waals surface area contributed by atoms with Crippen molar-refractivity contribution in [3.63, 3.8) is 0 Å². The molecule has 6 heteroatoms. The molecule has 0 aliphatic heterocycles. The zero-order valence-electron chi connectivity index (χ0n) is 14.9. The van der Waals surface area contributed by atoms with E-state index in [2.05, 4.69) is 21.8 Å². The van der Waals surface area contributed by atoms with Gasteiger partial charge < -0.3 is 0 Å². The Labute approximate surface area is 162 Å². The van der Waals surface area contributed by atoms with Crippen LogP contribution in [0.1, 0.15) is 11.1 Å². The van der Waals surface area contributed by atoms with Gasteiger partial charge in [0.1, 0.15) is 0 Å². The van der Waals surface area contributed by atoms with Gasteiger partial charge in [-0.1, -0.05) is 48.0 Å². The summed E-state index contributed by atoms with van der Waals surface area (Å²) in [4.78, 5) is 4.71. The average molecular weight is 395 g/mol. The third-order valence-electron chi connectivity index (χ3n) is 4.43. The summed E-state index contributed by atoms with van der Waals surface area (Å²) in [6.07, 6.45) is 0. The Balaban J connectivity index is 1.65. The molecule has 0 saturated carbocycles. The standard InChI is InChI=1S/C21H18N2O2S2/c1-14-7-8-15(2)19(11-14)20-13-26-21(22-20)23-27(24,25)18-10-9-16-5-3-4-6-17(16)12-18/h3-13H,1-2H3,(H,22,23). The van der Waals surface area contributed by atoms with Gasteiger partial charge in [-0.2, -0.15) is 0 Å². The lowest BCUT2D eigenvalue weighted by Crippen LogP contribution is -2.12. The van der Waals surface area contributed by atoms with E-state index >= 15 is 0 Å². The van der Waals surface area contributed by atoms with Gasteiger partial charge >= 0.3 is 0 Å². The van der Waals surface area contributed by atoms with Gasteiger partial charge in [-0.3, -0.25) is 4.72 Å². The van der Waals surface area contributed by atoms with Crippen molar-refractivity contribution in [2.75, 3.05) is 4.72 Å². The molecular weight excluding hydrogens is 376 g/mol. The summed E-state index contributed by atoms with van der Waals surface area (Å²) in [6.45, 7) is 4.05. The van der Waals surface area contributed by atoms with Gasteiger partial charge in [0.25, 0.3) is 10.0 Å². The van der Waals surface area contributed by atoms with Crippen molar-refractivity contribution < 1.29 is 8.42 Å². The van der Waals surface area contributed by atoms with Gasteiger partial charge in [-0.15, -0.1) is 11.3 Å². The molecule has 3 aromatic carbocycles. The average Bonchev–Trinajstić information content (AvgIpc) is 3.11. The number of benzene rings is 3. The Morgan fingerprint density at radius 3 is 2.52 bits per heavy atom. The molecule has 0 spiro atoms. The molecule has 0 bridgehead atoms. The van der Waals surface area contributed by atoms with Gasteiger partial charge in [0.05, 0.1) is 10.6 Å². The molecule has 1 heterocycles. The molecule has 0 fully saturated rings. The molecule has 0 saturated heterocycles. The number of rotatable bonds is 4. The maximum absolute atomic E-state index is 12.8. The van der Waals surface area contributed by atoms with Gasteiger partial charge in [0, 0.05) is 10.9 Å². The summed E-state index contributed by atoms with van der Waals surface area (Å²) in [5.74, 6) is 0. The zero-order chi connectivity index (χ0) is 19.0. The van der Waals surface area contributed by atoms with Crippen LogP contribution in [-0.4, -0.2) is 13.4 Å². The van der Waals surface area contributed by atoms with Crippen molar-refractivity contribution in [3.8, 4) is 11.3 Å². The van der Waals surface area contributed by atoms with Crippen LogP contribution < -0.4 is 4.72 Å². The van der Waals surface area contributed by atoms with E-state index in [-0.39, 0.29) is 4.90 Å². The summed E-state index contributed by atoms with van der Waals surface area (Å²) in [6, 6.07) is 18.9. The summed E-state index contributed by atoms with van der Waals surface area (Å²) in [7, 11) is -3.69. The minimum Gasteiger partial charge on any atom is -0.255 e. The lowest BCUT2D eigenvalue weighted by atomic mass is 10.0. The zero-order valence-corrected chi connectivity index (χ0v) is 16.6. The summed E-state index contributed by atoms with van der Waals surface area (Å²) in [5, 5.41) is 4.12. The number of sulfonamides is 1. The van der Waals surface area contributed by atoms with E-state index in [1.165, 1.54) is 11.3 Å². The number of aromatic nitrogens is 1. The molecule has 0 unspecified atom stereocenters. The van der Waals surface area contributed by atoms with Crippen LogP contribution >= 0.6 is 11.3 Å². The fourth-order valence-electron chi connectivity index (χ4n) is 2.96. The van der Waals surface area contributed by atoms with Gasteiger partial charge in [0.15, 0.2) is 5.13 Å². The van der Waals surface area contributed by atoms with Crippen LogP contribution in [0.5, 0.6) is 0 Å². The Morgan fingerprint density at radius 2 is 1.70 bits per heavy atom. The molecular formula is C21H18N2O2S2. The number of hydrogen-bond donors (Lipinski definition) is 1. The third kappa shape index (κ3) is 3.59. The van der Waals surface area contributed by atoms with Crippen LogP contribution in [0.3, 0.4) is 0 Å². The van der Waals surface area contributed by atoms with Crippen molar-refractivity contribution >= 4 is 37.3 Å². The van der Waals surface area contributed by atoms with Crippen LogP contribution in [0.15, 0.2) is 70.9 Å². The fraction of sp³-hybridized carbons (Fsp3) is 0.0952. The summed E-state index contributed by atoms with van der Waals surface area (Å²) in [5.41, 5.74) is 4.04. The van der Waals surface area contributed by atoms with E-state index < -0.39 is 10.0 Å². The van der Waals surface area contributed by atoms with E-state index in [0.717, 1.165) is 33.2 Å². The van der Waals surface area contributed by atoms with Crippen molar-refractivity contribution in [2.45, 2.75) is 18.7 Å². The minimum atomic E-state index is -3.69. The molecule has 4 aromatic rings. The molecule has 27 heavy (non-hydrogen) atoms. The first kappa shape index (κ1) is 17.7.